The summed E-state index contributed by atoms with van der Waals surface area (Å²) in [5, 5.41) is 9.08. The number of fused-ring (bicyclic) bond motifs is 1. The van der Waals surface area contributed by atoms with Gasteiger partial charge < -0.3 is 5.11 Å². The number of carboxylic acids is 1. The molecule has 1 N–H and O–H groups in total. The molecule has 21 heavy (non-hydrogen) atoms. The first-order valence-corrected chi connectivity index (χ1v) is 7.70. The van der Waals surface area contributed by atoms with Gasteiger partial charge in [-0.2, -0.15) is 0 Å². The minimum atomic E-state index is -1.08. The monoisotopic (exact) mass is 351 g/mol. The number of aromatic carboxylic acids is 1. The van der Waals surface area contributed by atoms with E-state index in [2.05, 4.69) is 15.9 Å². The summed E-state index contributed by atoms with van der Waals surface area (Å²) in [4.78, 5) is 37.3. The Labute approximate surface area is 130 Å². The predicted molar refractivity (Wildman–Crippen MR) is 79.0 cm³/mol. The number of benzene rings is 1. The topological polar surface area (TPSA) is 74.7 Å². The molecule has 0 aromatic heterocycles. The Bertz CT molecular complexity index is 619. The SMILES string of the molecule is O=C(O)c1ccc(Br)c(N2C(=O)C3CCCCC3C2=O)c1. The highest BCUT2D eigenvalue weighted by molar-refractivity contribution is 9.10. The zero-order valence-corrected chi connectivity index (χ0v) is 12.8. The number of rotatable bonds is 2. The molecule has 5 nitrogen and oxygen atoms in total. The van der Waals surface area contributed by atoms with Crippen molar-refractivity contribution in [3.8, 4) is 0 Å². The molecule has 0 spiro atoms. The van der Waals surface area contributed by atoms with E-state index < -0.39 is 5.97 Å². The minimum Gasteiger partial charge on any atom is -0.478 e. The second-order valence-corrected chi connectivity index (χ2v) is 6.34. The average molecular weight is 352 g/mol. The van der Waals surface area contributed by atoms with Gasteiger partial charge in [0.2, 0.25) is 11.8 Å². The molecule has 1 aromatic carbocycles. The van der Waals surface area contributed by atoms with Crippen LogP contribution in [0.2, 0.25) is 0 Å². The van der Waals surface area contributed by atoms with E-state index in [1.807, 2.05) is 0 Å². The second-order valence-electron chi connectivity index (χ2n) is 5.48. The van der Waals surface area contributed by atoms with Gasteiger partial charge in [0.1, 0.15) is 0 Å². The first-order valence-electron chi connectivity index (χ1n) is 6.91. The number of imide groups is 1. The normalized spacial score (nSPS) is 25.1. The Hall–Kier alpha value is -1.69. The predicted octanol–water partition coefficient (Wildman–Crippen LogP) is 2.83. The maximum Gasteiger partial charge on any atom is 0.335 e. The molecular weight excluding hydrogens is 338 g/mol. The van der Waals surface area contributed by atoms with Crippen molar-refractivity contribution in [2.75, 3.05) is 4.90 Å². The van der Waals surface area contributed by atoms with Crippen molar-refractivity contribution in [1.29, 1.82) is 0 Å². The molecule has 1 aromatic rings. The molecule has 1 saturated carbocycles. The lowest BCUT2D eigenvalue weighted by atomic mass is 9.81. The molecule has 1 aliphatic heterocycles. The summed E-state index contributed by atoms with van der Waals surface area (Å²) in [6.45, 7) is 0. The van der Waals surface area contributed by atoms with Gasteiger partial charge in [-0.05, 0) is 47.0 Å². The van der Waals surface area contributed by atoms with E-state index in [1.165, 1.54) is 12.1 Å². The van der Waals surface area contributed by atoms with Gasteiger partial charge >= 0.3 is 5.97 Å². The largest absolute Gasteiger partial charge is 0.478 e. The van der Waals surface area contributed by atoms with Crippen LogP contribution < -0.4 is 4.90 Å². The number of anilines is 1. The standard InChI is InChI=1S/C15H14BrNO4/c16-11-6-5-8(15(20)21)7-12(11)17-13(18)9-3-1-2-4-10(9)14(17)19/h5-7,9-10H,1-4H2,(H,20,21). The number of carbonyl (C=O) groups excluding carboxylic acids is 2. The summed E-state index contributed by atoms with van der Waals surface area (Å²) in [5.41, 5.74) is 0.392. The van der Waals surface area contributed by atoms with E-state index in [0.29, 0.717) is 10.2 Å². The van der Waals surface area contributed by atoms with Crippen molar-refractivity contribution in [3.63, 3.8) is 0 Å². The van der Waals surface area contributed by atoms with Crippen LogP contribution in [-0.4, -0.2) is 22.9 Å². The van der Waals surface area contributed by atoms with Gasteiger partial charge in [-0.15, -0.1) is 0 Å². The second kappa shape index (κ2) is 5.26. The molecule has 110 valence electrons. The van der Waals surface area contributed by atoms with Crippen LogP contribution in [0.5, 0.6) is 0 Å². The molecule has 3 rings (SSSR count). The lowest BCUT2D eigenvalue weighted by Crippen LogP contribution is -2.31. The minimum absolute atomic E-state index is 0.0590. The zero-order valence-electron chi connectivity index (χ0n) is 11.2. The number of hydrogen-bond acceptors (Lipinski definition) is 3. The molecule has 6 heteroatoms. The Kier molecular flexibility index (Phi) is 3.57. The molecule has 2 aliphatic rings. The third kappa shape index (κ3) is 2.27. The number of carbonyl (C=O) groups is 3. The van der Waals surface area contributed by atoms with Crippen molar-refractivity contribution in [2.45, 2.75) is 25.7 Å². The van der Waals surface area contributed by atoms with E-state index in [4.69, 9.17) is 5.11 Å². The van der Waals surface area contributed by atoms with Crippen molar-refractivity contribution in [1.82, 2.24) is 0 Å². The van der Waals surface area contributed by atoms with Crippen molar-refractivity contribution in [2.24, 2.45) is 11.8 Å². The Morgan fingerprint density at radius 3 is 2.24 bits per heavy atom. The fourth-order valence-corrected chi connectivity index (χ4v) is 3.64. The van der Waals surface area contributed by atoms with Gasteiger partial charge in [0, 0.05) is 4.47 Å². The maximum atomic E-state index is 12.5. The van der Waals surface area contributed by atoms with Crippen LogP contribution in [0.3, 0.4) is 0 Å². The molecule has 0 radical (unpaired) electrons. The van der Waals surface area contributed by atoms with Gasteiger partial charge in [-0.3, -0.25) is 9.59 Å². The smallest absolute Gasteiger partial charge is 0.335 e. The first-order chi connectivity index (χ1) is 10.0. The number of halogens is 1. The van der Waals surface area contributed by atoms with Crippen molar-refractivity contribution in [3.05, 3.63) is 28.2 Å². The van der Waals surface area contributed by atoms with Gasteiger partial charge in [0.25, 0.3) is 0 Å². The molecule has 1 aliphatic carbocycles. The lowest BCUT2D eigenvalue weighted by Gasteiger charge is -2.19. The summed E-state index contributed by atoms with van der Waals surface area (Å²) in [5.74, 6) is -1.97. The molecule has 2 fully saturated rings. The quantitative estimate of drug-likeness (QED) is 0.831. The number of nitrogens with zero attached hydrogens (tertiary/aromatic N) is 1. The summed E-state index contributed by atoms with van der Waals surface area (Å²) in [6, 6.07) is 4.37. The highest BCUT2D eigenvalue weighted by Gasteiger charge is 2.49. The summed E-state index contributed by atoms with van der Waals surface area (Å²) >= 11 is 3.30. The van der Waals surface area contributed by atoms with Crippen molar-refractivity contribution >= 4 is 39.4 Å². The van der Waals surface area contributed by atoms with Crippen LogP contribution in [0.1, 0.15) is 36.0 Å². The average Bonchev–Trinajstić information content (AvgIpc) is 2.72. The van der Waals surface area contributed by atoms with Crippen molar-refractivity contribution < 1.29 is 19.5 Å². The van der Waals surface area contributed by atoms with E-state index in [0.717, 1.165) is 30.6 Å². The van der Waals surface area contributed by atoms with E-state index in [-0.39, 0.29) is 29.2 Å². The molecule has 2 amide bonds. The first kappa shape index (κ1) is 14.3. The van der Waals surface area contributed by atoms with Crippen LogP contribution in [0.25, 0.3) is 0 Å². The molecule has 1 heterocycles. The van der Waals surface area contributed by atoms with Gasteiger partial charge in [-0.1, -0.05) is 12.8 Å². The van der Waals surface area contributed by atoms with Gasteiger partial charge in [0.15, 0.2) is 0 Å². The van der Waals surface area contributed by atoms with Crippen LogP contribution >= 0.6 is 15.9 Å². The van der Waals surface area contributed by atoms with Crippen LogP contribution in [0.4, 0.5) is 5.69 Å². The lowest BCUT2D eigenvalue weighted by molar-refractivity contribution is -0.122. The number of hydrogen-bond donors (Lipinski definition) is 1. The molecule has 0 bridgehead atoms. The zero-order chi connectivity index (χ0) is 15.1. The Morgan fingerprint density at radius 1 is 1.14 bits per heavy atom. The fraction of sp³-hybridized carbons (Fsp3) is 0.400. The van der Waals surface area contributed by atoms with Gasteiger partial charge in [0.05, 0.1) is 23.1 Å². The van der Waals surface area contributed by atoms with Crippen LogP contribution in [-0.2, 0) is 9.59 Å². The number of carboxylic acid groups (broad SMARTS) is 1. The molecule has 2 unspecified atom stereocenters. The Balaban J connectivity index is 2.04. The van der Waals surface area contributed by atoms with E-state index in [9.17, 15) is 14.4 Å². The van der Waals surface area contributed by atoms with Crippen LogP contribution in [0, 0.1) is 11.8 Å². The van der Waals surface area contributed by atoms with E-state index in [1.54, 1.807) is 6.07 Å². The summed E-state index contributed by atoms with van der Waals surface area (Å²) in [6.07, 6.45) is 3.40. The van der Waals surface area contributed by atoms with Crippen LogP contribution in [0.15, 0.2) is 22.7 Å². The Morgan fingerprint density at radius 2 is 1.71 bits per heavy atom. The molecule has 1 saturated heterocycles. The third-order valence-electron chi connectivity index (χ3n) is 4.28. The summed E-state index contributed by atoms with van der Waals surface area (Å²) < 4.78 is 0.549. The number of amides is 2. The highest BCUT2D eigenvalue weighted by atomic mass is 79.9. The molecule has 2 atom stereocenters. The highest BCUT2D eigenvalue weighted by Crippen LogP contribution is 2.42. The van der Waals surface area contributed by atoms with E-state index >= 15 is 0 Å². The molecular formula is C15H14BrNO4. The fourth-order valence-electron chi connectivity index (χ4n) is 3.22. The third-order valence-corrected chi connectivity index (χ3v) is 4.95. The maximum absolute atomic E-state index is 12.5. The summed E-state index contributed by atoms with van der Waals surface area (Å²) in [7, 11) is 0. The van der Waals surface area contributed by atoms with Gasteiger partial charge in [-0.25, -0.2) is 9.69 Å².